The van der Waals surface area contributed by atoms with E-state index in [1.165, 1.54) is 44.9 Å². The summed E-state index contributed by atoms with van der Waals surface area (Å²) < 4.78 is 0. The molecule has 2 fully saturated rings. The standard InChI is InChI=1S/C14H26N2O/c15-12-8-4-5-9-13(12)16-14(17)10-11-6-2-1-3-7-11/h11-13H,1-10,15H2,(H,16,17). The van der Waals surface area contributed by atoms with Gasteiger partial charge in [-0.15, -0.1) is 0 Å². The van der Waals surface area contributed by atoms with Gasteiger partial charge in [-0.25, -0.2) is 0 Å². The molecule has 3 heteroatoms. The van der Waals surface area contributed by atoms with Crippen LogP contribution < -0.4 is 11.1 Å². The minimum absolute atomic E-state index is 0.180. The van der Waals surface area contributed by atoms with Crippen molar-refractivity contribution in [2.75, 3.05) is 0 Å². The molecule has 0 bridgehead atoms. The molecule has 2 saturated carbocycles. The van der Waals surface area contributed by atoms with Crippen LogP contribution in [0.4, 0.5) is 0 Å². The van der Waals surface area contributed by atoms with Gasteiger partial charge in [-0.05, 0) is 31.6 Å². The fourth-order valence-electron chi connectivity index (χ4n) is 3.26. The van der Waals surface area contributed by atoms with E-state index in [1.54, 1.807) is 0 Å². The van der Waals surface area contributed by atoms with Crippen molar-refractivity contribution < 1.29 is 4.79 Å². The Bertz CT molecular complexity index is 249. The molecule has 0 heterocycles. The summed E-state index contributed by atoms with van der Waals surface area (Å²) in [5.41, 5.74) is 6.05. The summed E-state index contributed by atoms with van der Waals surface area (Å²) >= 11 is 0. The Labute approximate surface area is 105 Å². The normalized spacial score (nSPS) is 31.1. The number of nitrogens with two attached hydrogens (primary N) is 1. The highest BCUT2D eigenvalue weighted by molar-refractivity contribution is 5.76. The van der Waals surface area contributed by atoms with Crippen molar-refractivity contribution in [3.8, 4) is 0 Å². The molecule has 1 amide bonds. The molecule has 0 aromatic carbocycles. The zero-order valence-electron chi connectivity index (χ0n) is 10.8. The van der Waals surface area contributed by atoms with E-state index in [1.807, 2.05) is 0 Å². The first-order valence-electron chi connectivity index (χ1n) is 7.30. The zero-order chi connectivity index (χ0) is 12.1. The maximum Gasteiger partial charge on any atom is 0.220 e. The largest absolute Gasteiger partial charge is 0.352 e. The van der Waals surface area contributed by atoms with Crippen molar-refractivity contribution in [1.82, 2.24) is 5.32 Å². The van der Waals surface area contributed by atoms with Crippen molar-refractivity contribution in [2.24, 2.45) is 11.7 Å². The summed E-state index contributed by atoms with van der Waals surface area (Å²) in [5.74, 6) is 0.864. The molecule has 0 aliphatic heterocycles. The first kappa shape index (κ1) is 12.9. The van der Waals surface area contributed by atoms with E-state index in [0.29, 0.717) is 5.92 Å². The van der Waals surface area contributed by atoms with Crippen molar-refractivity contribution in [3.05, 3.63) is 0 Å². The molecule has 2 aliphatic rings. The van der Waals surface area contributed by atoms with E-state index in [0.717, 1.165) is 19.3 Å². The number of hydrogen-bond acceptors (Lipinski definition) is 2. The fourth-order valence-corrected chi connectivity index (χ4v) is 3.26. The maximum atomic E-state index is 12.0. The van der Waals surface area contributed by atoms with Gasteiger partial charge in [0.05, 0.1) is 0 Å². The van der Waals surface area contributed by atoms with Crippen molar-refractivity contribution in [1.29, 1.82) is 0 Å². The van der Waals surface area contributed by atoms with E-state index in [2.05, 4.69) is 5.32 Å². The van der Waals surface area contributed by atoms with E-state index in [-0.39, 0.29) is 18.0 Å². The van der Waals surface area contributed by atoms with Gasteiger partial charge in [0, 0.05) is 18.5 Å². The van der Waals surface area contributed by atoms with Gasteiger partial charge in [-0.3, -0.25) is 4.79 Å². The smallest absolute Gasteiger partial charge is 0.220 e. The van der Waals surface area contributed by atoms with Crippen molar-refractivity contribution >= 4 is 5.91 Å². The van der Waals surface area contributed by atoms with Gasteiger partial charge in [0.15, 0.2) is 0 Å². The fraction of sp³-hybridized carbons (Fsp3) is 0.929. The third-order valence-electron chi connectivity index (χ3n) is 4.36. The number of hydrogen-bond donors (Lipinski definition) is 2. The van der Waals surface area contributed by atoms with E-state index in [4.69, 9.17) is 5.73 Å². The van der Waals surface area contributed by atoms with Gasteiger partial charge in [0.2, 0.25) is 5.91 Å². The number of nitrogens with one attached hydrogen (secondary N) is 1. The Morgan fingerprint density at radius 3 is 2.35 bits per heavy atom. The van der Waals surface area contributed by atoms with E-state index < -0.39 is 0 Å². The molecular formula is C14H26N2O. The molecule has 2 atom stereocenters. The minimum Gasteiger partial charge on any atom is -0.352 e. The number of amides is 1. The first-order chi connectivity index (χ1) is 8.25. The molecule has 98 valence electrons. The van der Waals surface area contributed by atoms with Crippen LogP contribution in [0.25, 0.3) is 0 Å². The van der Waals surface area contributed by atoms with Crippen LogP contribution in [-0.2, 0) is 4.79 Å². The Morgan fingerprint density at radius 2 is 1.65 bits per heavy atom. The summed E-state index contributed by atoms with van der Waals surface area (Å²) in [5, 5.41) is 3.15. The molecule has 0 saturated heterocycles. The van der Waals surface area contributed by atoms with Gasteiger partial charge in [0.1, 0.15) is 0 Å². The lowest BCUT2D eigenvalue weighted by Crippen LogP contribution is -2.49. The van der Waals surface area contributed by atoms with Crippen LogP contribution in [0.2, 0.25) is 0 Å². The lowest BCUT2D eigenvalue weighted by molar-refractivity contribution is -0.123. The summed E-state index contributed by atoms with van der Waals surface area (Å²) in [7, 11) is 0. The Morgan fingerprint density at radius 1 is 1.00 bits per heavy atom. The van der Waals surface area contributed by atoms with Crippen LogP contribution in [0.3, 0.4) is 0 Å². The third-order valence-corrected chi connectivity index (χ3v) is 4.36. The summed E-state index contributed by atoms with van der Waals surface area (Å²) in [6.07, 6.45) is 11.7. The average molecular weight is 238 g/mol. The molecular weight excluding hydrogens is 212 g/mol. The van der Waals surface area contributed by atoms with E-state index >= 15 is 0 Å². The third kappa shape index (κ3) is 3.98. The molecule has 2 unspecified atom stereocenters. The quantitative estimate of drug-likeness (QED) is 0.793. The van der Waals surface area contributed by atoms with Crippen LogP contribution in [0.15, 0.2) is 0 Å². The average Bonchev–Trinajstić information content (AvgIpc) is 2.33. The van der Waals surface area contributed by atoms with Gasteiger partial charge >= 0.3 is 0 Å². The molecule has 0 aromatic heterocycles. The van der Waals surface area contributed by atoms with Gasteiger partial charge < -0.3 is 11.1 Å². The predicted molar refractivity (Wildman–Crippen MR) is 69.6 cm³/mol. The predicted octanol–water partition coefficient (Wildman–Crippen LogP) is 2.34. The molecule has 3 N–H and O–H groups in total. The molecule has 17 heavy (non-hydrogen) atoms. The minimum atomic E-state index is 0.180. The number of rotatable bonds is 3. The highest BCUT2D eigenvalue weighted by atomic mass is 16.1. The highest BCUT2D eigenvalue weighted by Crippen LogP contribution is 2.26. The zero-order valence-corrected chi connectivity index (χ0v) is 10.8. The second-order valence-corrected chi connectivity index (χ2v) is 5.83. The highest BCUT2D eigenvalue weighted by Gasteiger charge is 2.24. The lowest BCUT2D eigenvalue weighted by atomic mass is 9.86. The molecule has 3 nitrogen and oxygen atoms in total. The summed E-state index contributed by atoms with van der Waals surface area (Å²) in [4.78, 5) is 12.0. The molecule has 0 aromatic rings. The van der Waals surface area contributed by atoms with Crippen LogP contribution in [-0.4, -0.2) is 18.0 Å². The topological polar surface area (TPSA) is 55.1 Å². The van der Waals surface area contributed by atoms with Gasteiger partial charge in [-0.2, -0.15) is 0 Å². The first-order valence-corrected chi connectivity index (χ1v) is 7.30. The van der Waals surface area contributed by atoms with Crippen LogP contribution in [0.5, 0.6) is 0 Å². The molecule has 2 rings (SSSR count). The summed E-state index contributed by atoms with van der Waals surface area (Å²) in [6, 6.07) is 0.416. The van der Waals surface area contributed by atoms with Crippen LogP contribution in [0, 0.1) is 5.92 Å². The molecule has 0 radical (unpaired) electrons. The summed E-state index contributed by atoms with van der Waals surface area (Å²) in [6.45, 7) is 0. The number of carbonyl (C=O) groups excluding carboxylic acids is 1. The lowest BCUT2D eigenvalue weighted by Gasteiger charge is -2.30. The Kier molecular flexibility index (Phi) is 4.84. The molecule has 0 spiro atoms. The van der Waals surface area contributed by atoms with Crippen LogP contribution in [0.1, 0.15) is 64.2 Å². The van der Waals surface area contributed by atoms with Gasteiger partial charge in [0.25, 0.3) is 0 Å². The van der Waals surface area contributed by atoms with Crippen molar-refractivity contribution in [3.63, 3.8) is 0 Å². The monoisotopic (exact) mass is 238 g/mol. The van der Waals surface area contributed by atoms with Crippen LogP contribution >= 0.6 is 0 Å². The van der Waals surface area contributed by atoms with Crippen molar-refractivity contribution in [2.45, 2.75) is 76.3 Å². The Balaban J connectivity index is 1.72. The maximum absolute atomic E-state index is 12.0. The van der Waals surface area contributed by atoms with Gasteiger partial charge in [-0.1, -0.05) is 32.1 Å². The Hall–Kier alpha value is -0.570. The number of carbonyl (C=O) groups is 1. The van der Waals surface area contributed by atoms with E-state index in [9.17, 15) is 4.79 Å². The second-order valence-electron chi connectivity index (χ2n) is 5.83. The molecule has 2 aliphatic carbocycles. The second kappa shape index (κ2) is 6.39. The SMILES string of the molecule is NC1CCCCC1NC(=O)CC1CCCCC1.